The summed E-state index contributed by atoms with van der Waals surface area (Å²) < 4.78 is 5.66. The van der Waals surface area contributed by atoms with Gasteiger partial charge in [-0.15, -0.1) is 13.2 Å². The normalized spacial score (nSPS) is 13.6. The van der Waals surface area contributed by atoms with Crippen LogP contribution in [0.1, 0.15) is 23.5 Å². The van der Waals surface area contributed by atoms with Crippen LogP contribution in [0.5, 0.6) is 0 Å². The van der Waals surface area contributed by atoms with E-state index >= 15 is 0 Å². The van der Waals surface area contributed by atoms with E-state index in [1.54, 1.807) is 0 Å². The molecule has 14 heavy (non-hydrogen) atoms. The maximum absolute atomic E-state index is 5.66. The van der Waals surface area contributed by atoms with E-state index in [1.807, 2.05) is 12.2 Å². The summed E-state index contributed by atoms with van der Waals surface area (Å²) >= 11 is 0. The topological polar surface area (TPSA) is 13.1 Å². The van der Waals surface area contributed by atoms with Crippen molar-refractivity contribution in [3.05, 3.63) is 54.0 Å². The summed E-state index contributed by atoms with van der Waals surface area (Å²) in [6.45, 7) is 7.43. The fourth-order valence-corrected chi connectivity index (χ4v) is 1.80. The van der Waals surface area contributed by atoms with Gasteiger partial charge in [0.2, 0.25) is 0 Å². The Morgan fingerprint density at radius 1 is 1.29 bits per heavy atom. The second-order valence-electron chi connectivity index (χ2n) is 3.57. The zero-order valence-electron chi connectivity index (χ0n) is 8.25. The molecule has 0 aromatic carbocycles. The minimum absolute atomic E-state index is 0.817. The van der Waals surface area contributed by atoms with Crippen molar-refractivity contribution in [3.8, 4) is 0 Å². The molecule has 1 heteroatoms. The van der Waals surface area contributed by atoms with Crippen LogP contribution < -0.4 is 0 Å². The van der Waals surface area contributed by atoms with Crippen LogP contribution in [0.4, 0.5) is 0 Å². The zero-order chi connectivity index (χ0) is 9.97. The third-order valence-electron chi connectivity index (χ3n) is 2.40. The number of furan rings is 1. The highest BCUT2D eigenvalue weighted by molar-refractivity contribution is 5.60. The number of rotatable bonds is 4. The highest BCUT2D eigenvalue weighted by atomic mass is 16.3. The van der Waals surface area contributed by atoms with Crippen LogP contribution >= 0.6 is 0 Å². The Balaban J connectivity index is 2.18. The molecule has 0 spiro atoms. The smallest absolute Gasteiger partial charge is 0.130 e. The molecule has 2 rings (SSSR count). The van der Waals surface area contributed by atoms with E-state index in [2.05, 4.69) is 25.3 Å². The Bertz CT molecular complexity index is 393. The van der Waals surface area contributed by atoms with Crippen molar-refractivity contribution < 1.29 is 4.42 Å². The van der Waals surface area contributed by atoms with Gasteiger partial charge >= 0.3 is 0 Å². The van der Waals surface area contributed by atoms with Crippen molar-refractivity contribution >= 4 is 6.08 Å². The minimum atomic E-state index is 0.817. The van der Waals surface area contributed by atoms with E-state index in [0.29, 0.717) is 0 Å². The molecule has 0 saturated heterocycles. The summed E-state index contributed by atoms with van der Waals surface area (Å²) in [5.74, 6) is 2.04. The second-order valence-corrected chi connectivity index (χ2v) is 3.57. The van der Waals surface area contributed by atoms with E-state index in [9.17, 15) is 0 Å². The van der Waals surface area contributed by atoms with Crippen LogP contribution in [0.15, 0.2) is 41.4 Å². The highest BCUT2D eigenvalue weighted by Crippen LogP contribution is 2.29. The lowest BCUT2D eigenvalue weighted by molar-refractivity contribution is 0.514. The standard InChI is InChI=1S/C13H14O/c1-3-5-10-7-11-9-12(6-4-2)14-13(11)8-10/h3-4,8-9H,1-2,5-7H2. The molecule has 0 unspecified atom stereocenters. The fourth-order valence-electron chi connectivity index (χ4n) is 1.80. The van der Waals surface area contributed by atoms with Gasteiger partial charge in [-0.1, -0.05) is 17.7 Å². The lowest BCUT2D eigenvalue weighted by atomic mass is 10.1. The Hall–Kier alpha value is -1.50. The molecule has 0 atom stereocenters. The molecular formula is C13H14O. The van der Waals surface area contributed by atoms with E-state index in [4.69, 9.17) is 4.42 Å². The predicted molar refractivity (Wildman–Crippen MR) is 59.1 cm³/mol. The average Bonchev–Trinajstić information content (AvgIpc) is 2.62. The van der Waals surface area contributed by atoms with Crippen LogP contribution in [0, 0.1) is 0 Å². The van der Waals surface area contributed by atoms with Gasteiger partial charge in [0, 0.05) is 12.0 Å². The molecular weight excluding hydrogens is 172 g/mol. The largest absolute Gasteiger partial charge is 0.461 e. The molecule has 0 fully saturated rings. The van der Waals surface area contributed by atoms with Gasteiger partial charge in [-0.2, -0.15) is 0 Å². The summed E-state index contributed by atoms with van der Waals surface area (Å²) in [5.41, 5.74) is 2.69. The SMILES string of the molecule is C=CCC1=Cc2oc(CC=C)cc2C1. The summed E-state index contributed by atoms with van der Waals surface area (Å²) in [6.07, 6.45) is 8.72. The Kier molecular flexibility index (Phi) is 2.40. The fraction of sp³-hybridized carbons (Fsp3) is 0.231. The van der Waals surface area contributed by atoms with Gasteiger partial charge in [0.15, 0.2) is 0 Å². The van der Waals surface area contributed by atoms with Gasteiger partial charge in [0.25, 0.3) is 0 Å². The van der Waals surface area contributed by atoms with E-state index in [-0.39, 0.29) is 0 Å². The summed E-state index contributed by atoms with van der Waals surface area (Å²) in [4.78, 5) is 0. The van der Waals surface area contributed by atoms with E-state index in [0.717, 1.165) is 30.8 Å². The number of fused-ring (bicyclic) bond motifs is 1. The van der Waals surface area contributed by atoms with Gasteiger partial charge in [0.05, 0.1) is 0 Å². The van der Waals surface area contributed by atoms with Gasteiger partial charge in [-0.3, -0.25) is 0 Å². The van der Waals surface area contributed by atoms with Crippen molar-refractivity contribution in [1.82, 2.24) is 0 Å². The van der Waals surface area contributed by atoms with Crippen molar-refractivity contribution in [2.45, 2.75) is 19.3 Å². The highest BCUT2D eigenvalue weighted by Gasteiger charge is 2.16. The van der Waals surface area contributed by atoms with Gasteiger partial charge < -0.3 is 4.42 Å². The molecule has 1 aliphatic carbocycles. The summed E-state index contributed by atoms with van der Waals surface area (Å²) in [5, 5.41) is 0. The van der Waals surface area contributed by atoms with Gasteiger partial charge in [0.1, 0.15) is 11.5 Å². The first-order valence-electron chi connectivity index (χ1n) is 4.86. The molecule has 1 aromatic heterocycles. The molecule has 1 aliphatic rings. The van der Waals surface area contributed by atoms with Crippen LogP contribution in [0.3, 0.4) is 0 Å². The van der Waals surface area contributed by atoms with Crippen molar-refractivity contribution in [1.29, 1.82) is 0 Å². The number of allylic oxidation sites excluding steroid dienone is 3. The van der Waals surface area contributed by atoms with Crippen LogP contribution in [0.25, 0.3) is 6.08 Å². The lowest BCUT2D eigenvalue weighted by Crippen LogP contribution is -1.81. The Labute approximate surface area is 84.4 Å². The van der Waals surface area contributed by atoms with E-state index in [1.165, 1.54) is 11.1 Å². The van der Waals surface area contributed by atoms with Crippen molar-refractivity contribution in [2.24, 2.45) is 0 Å². The molecule has 0 radical (unpaired) electrons. The average molecular weight is 186 g/mol. The van der Waals surface area contributed by atoms with Crippen molar-refractivity contribution in [3.63, 3.8) is 0 Å². The monoisotopic (exact) mass is 186 g/mol. The molecule has 0 aliphatic heterocycles. The number of hydrogen-bond donors (Lipinski definition) is 0. The zero-order valence-corrected chi connectivity index (χ0v) is 8.25. The first-order valence-corrected chi connectivity index (χ1v) is 4.86. The lowest BCUT2D eigenvalue weighted by Gasteiger charge is -1.94. The second kappa shape index (κ2) is 3.70. The molecule has 72 valence electrons. The van der Waals surface area contributed by atoms with E-state index < -0.39 is 0 Å². The molecule has 0 bridgehead atoms. The van der Waals surface area contributed by atoms with Crippen LogP contribution in [-0.4, -0.2) is 0 Å². The summed E-state index contributed by atoms with van der Waals surface area (Å²) in [7, 11) is 0. The Morgan fingerprint density at radius 2 is 2.07 bits per heavy atom. The predicted octanol–water partition coefficient (Wildman–Crippen LogP) is 3.52. The molecule has 0 amide bonds. The minimum Gasteiger partial charge on any atom is -0.461 e. The maximum atomic E-state index is 5.66. The van der Waals surface area contributed by atoms with Crippen LogP contribution in [0.2, 0.25) is 0 Å². The molecule has 1 heterocycles. The quantitative estimate of drug-likeness (QED) is 0.656. The van der Waals surface area contributed by atoms with Crippen molar-refractivity contribution in [2.75, 3.05) is 0 Å². The van der Waals surface area contributed by atoms with Gasteiger partial charge in [-0.05, 0) is 25.0 Å². The third kappa shape index (κ3) is 1.58. The summed E-state index contributed by atoms with van der Waals surface area (Å²) in [6, 6.07) is 2.13. The first-order chi connectivity index (χ1) is 6.83. The molecule has 0 saturated carbocycles. The number of hydrogen-bond acceptors (Lipinski definition) is 1. The van der Waals surface area contributed by atoms with Gasteiger partial charge in [-0.25, -0.2) is 0 Å². The maximum Gasteiger partial charge on any atom is 0.130 e. The van der Waals surface area contributed by atoms with Crippen LogP contribution in [-0.2, 0) is 12.8 Å². The molecule has 1 nitrogen and oxygen atoms in total. The first kappa shape index (κ1) is 9.07. The molecule has 0 N–H and O–H groups in total. The third-order valence-corrected chi connectivity index (χ3v) is 2.40. The molecule has 1 aromatic rings. The Morgan fingerprint density at radius 3 is 2.71 bits per heavy atom.